The quantitative estimate of drug-likeness (QED) is 0.666. The van der Waals surface area contributed by atoms with Crippen LogP contribution in [0.1, 0.15) is 5.56 Å². The molecule has 3 rings (SSSR count). The molecule has 0 bridgehead atoms. The van der Waals surface area contributed by atoms with Gasteiger partial charge in [0, 0.05) is 5.02 Å². The number of aryl methyl sites for hydroxylation is 1. The number of benzene rings is 2. The number of aromatic nitrogens is 1. The van der Waals surface area contributed by atoms with Crippen LogP contribution in [0.4, 0.5) is 0 Å². The molecule has 0 radical (unpaired) electrons. The SMILES string of the molecule is Cc1cccc(-c2nc3cc(Cl)ccc3c(=O)o2)c1Cl. The molecule has 0 spiro atoms. The maximum atomic E-state index is 12.0. The van der Waals surface area contributed by atoms with E-state index in [0.717, 1.165) is 5.56 Å². The van der Waals surface area contributed by atoms with Crippen molar-refractivity contribution in [1.29, 1.82) is 0 Å². The summed E-state index contributed by atoms with van der Waals surface area (Å²) in [6, 6.07) is 10.3. The lowest BCUT2D eigenvalue weighted by atomic mass is 10.1. The first-order valence-electron chi connectivity index (χ1n) is 5.92. The Morgan fingerprint density at radius 1 is 1.15 bits per heavy atom. The largest absolute Gasteiger partial charge is 0.403 e. The first kappa shape index (κ1) is 13.2. The van der Waals surface area contributed by atoms with Gasteiger partial charge in [-0.15, -0.1) is 0 Å². The van der Waals surface area contributed by atoms with Crippen molar-refractivity contribution in [3.05, 3.63) is 62.4 Å². The van der Waals surface area contributed by atoms with Crippen LogP contribution in [0.15, 0.2) is 45.6 Å². The standard InChI is InChI=1S/C15H9Cl2NO2/c1-8-3-2-4-11(13(8)17)14-18-12-7-9(16)5-6-10(12)15(19)20-14/h2-7H,1H3. The van der Waals surface area contributed by atoms with Crippen molar-refractivity contribution in [1.82, 2.24) is 4.98 Å². The van der Waals surface area contributed by atoms with E-state index < -0.39 is 5.63 Å². The van der Waals surface area contributed by atoms with Gasteiger partial charge in [-0.1, -0.05) is 35.3 Å². The Kier molecular flexibility index (Phi) is 3.24. The number of rotatable bonds is 1. The van der Waals surface area contributed by atoms with Crippen LogP contribution in [-0.4, -0.2) is 4.98 Å². The predicted molar refractivity (Wildman–Crippen MR) is 80.5 cm³/mol. The van der Waals surface area contributed by atoms with E-state index in [9.17, 15) is 4.79 Å². The van der Waals surface area contributed by atoms with Gasteiger partial charge in [-0.05, 0) is 36.8 Å². The zero-order valence-electron chi connectivity index (χ0n) is 10.5. The fourth-order valence-electron chi connectivity index (χ4n) is 1.97. The van der Waals surface area contributed by atoms with Gasteiger partial charge in [0.05, 0.1) is 21.5 Å². The van der Waals surface area contributed by atoms with E-state index in [1.165, 1.54) is 0 Å². The number of halogens is 2. The average molecular weight is 306 g/mol. The molecule has 0 aliphatic heterocycles. The summed E-state index contributed by atoms with van der Waals surface area (Å²) in [5.41, 5.74) is 1.51. The maximum absolute atomic E-state index is 12.0. The minimum Gasteiger partial charge on any atom is -0.403 e. The molecule has 3 aromatic rings. The van der Waals surface area contributed by atoms with Crippen molar-refractivity contribution < 1.29 is 4.42 Å². The topological polar surface area (TPSA) is 43.1 Å². The lowest BCUT2D eigenvalue weighted by molar-refractivity contribution is 0.518. The summed E-state index contributed by atoms with van der Waals surface area (Å²) in [6.45, 7) is 1.88. The molecule has 0 atom stereocenters. The van der Waals surface area contributed by atoms with Crippen LogP contribution in [0.25, 0.3) is 22.4 Å². The maximum Gasteiger partial charge on any atom is 0.347 e. The lowest BCUT2D eigenvalue weighted by Crippen LogP contribution is -2.03. The van der Waals surface area contributed by atoms with Gasteiger partial charge in [-0.3, -0.25) is 0 Å². The average Bonchev–Trinajstić information content (AvgIpc) is 2.41. The molecule has 0 fully saturated rings. The fraction of sp³-hybridized carbons (Fsp3) is 0.0667. The van der Waals surface area contributed by atoms with Crippen molar-refractivity contribution in [2.75, 3.05) is 0 Å². The van der Waals surface area contributed by atoms with Crippen LogP contribution in [0, 0.1) is 6.92 Å². The van der Waals surface area contributed by atoms with Crippen molar-refractivity contribution in [2.45, 2.75) is 6.92 Å². The summed E-state index contributed by atoms with van der Waals surface area (Å²) >= 11 is 12.2. The Balaban J connectivity index is 2.32. The normalized spacial score (nSPS) is 10.9. The minimum absolute atomic E-state index is 0.193. The van der Waals surface area contributed by atoms with E-state index in [-0.39, 0.29) is 5.89 Å². The second-order valence-corrected chi connectivity index (χ2v) is 5.22. The van der Waals surface area contributed by atoms with E-state index in [1.807, 2.05) is 19.1 Å². The highest BCUT2D eigenvalue weighted by atomic mass is 35.5. The van der Waals surface area contributed by atoms with Crippen LogP contribution in [0.5, 0.6) is 0 Å². The zero-order chi connectivity index (χ0) is 14.3. The van der Waals surface area contributed by atoms with Crippen LogP contribution in [0.3, 0.4) is 0 Å². The predicted octanol–water partition coefficient (Wildman–Crippen LogP) is 4.47. The Morgan fingerprint density at radius 3 is 2.75 bits per heavy atom. The van der Waals surface area contributed by atoms with Gasteiger partial charge in [0.1, 0.15) is 0 Å². The molecule has 1 heterocycles. The number of fused-ring (bicyclic) bond motifs is 1. The summed E-state index contributed by atoms with van der Waals surface area (Å²) in [5.74, 6) is 0.193. The third-order valence-electron chi connectivity index (χ3n) is 3.01. The molecule has 0 saturated carbocycles. The zero-order valence-corrected chi connectivity index (χ0v) is 12.0. The third-order valence-corrected chi connectivity index (χ3v) is 3.75. The smallest absolute Gasteiger partial charge is 0.347 e. The molecule has 100 valence electrons. The van der Waals surface area contributed by atoms with Gasteiger partial charge in [0.15, 0.2) is 0 Å². The molecule has 0 N–H and O–H groups in total. The van der Waals surface area contributed by atoms with Gasteiger partial charge in [0.25, 0.3) is 0 Å². The molecule has 0 amide bonds. The lowest BCUT2D eigenvalue weighted by Gasteiger charge is -2.05. The van der Waals surface area contributed by atoms with Crippen LogP contribution < -0.4 is 5.63 Å². The molecule has 2 aromatic carbocycles. The Labute approximate surface area is 124 Å². The molecule has 0 aliphatic carbocycles. The van der Waals surface area contributed by atoms with Crippen molar-refractivity contribution in [2.24, 2.45) is 0 Å². The van der Waals surface area contributed by atoms with Gasteiger partial charge in [-0.2, -0.15) is 0 Å². The Morgan fingerprint density at radius 2 is 1.95 bits per heavy atom. The van der Waals surface area contributed by atoms with Gasteiger partial charge in [0.2, 0.25) is 5.89 Å². The third kappa shape index (κ3) is 2.19. The molecule has 0 saturated heterocycles. The molecule has 1 aromatic heterocycles. The number of nitrogens with zero attached hydrogens (tertiary/aromatic N) is 1. The van der Waals surface area contributed by atoms with E-state index >= 15 is 0 Å². The molecule has 3 nitrogen and oxygen atoms in total. The monoisotopic (exact) mass is 305 g/mol. The molecule has 0 unspecified atom stereocenters. The summed E-state index contributed by atoms with van der Waals surface area (Å²) in [7, 11) is 0. The van der Waals surface area contributed by atoms with Crippen LogP contribution >= 0.6 is 23.2 Å². The summed E-state index contributed by atoms with van der Waals surface area (Å²) in [4.78, 5) is 16.3. The summed E-state index contributed by atoms with van der Waals surface area (Å²) < 4.78 is 5.26. The fourth-order valence-corrected chi connectivity index (χ4v) is 2.35. The Bertz CT molecular complexity index is 871. The highest BCUT2D eigenvalue weighted by Crippen LogP contribution is 2.29. The molecule has 20 heavy (non-hydrogen) atoms. The first-order valence-corrected chi connectivity index (χ1v) is 6.68. The minimum atomic E-state index is -0.459. The molecule has 5 heteroatoms. The second kappa shape index (κ2) is 4.93. The van der Waals surface area contributed by atoms with E-state index in [2.05, 4.69) is 4.98 Å². The van der Waals surface area contributed by atoms with Gasteiger partial charge >= 0.3 is 5.63 Å². The van der Waals surface area contributed by atoms with Crippen LogP contribution in [-0.2, 0) is 0 Å². The number of hydrogen-bond donors (Lipinski definition) is 0. The second-order valence-electron chi connectivity index (χ2n) is 4.40. The molecular weight excluding hydrogens is 297 g/mol. The van der Waals surface area contributed by atoms with Crippen molar-refractivity contribution >= 4 is 34.1 Å². The van der Waals surface area contributed by atoms with E-state index in [1.54, 1.807) is 24.3 Å². The van der Waals surface area contributed by atoms with E-state index in [0.29, 0.717) is 26.5 Å². The highest BCUT2D eigenvalue weighted by molar-refractivity contribution is 6.34. The van der Waals surface area contributed by atoms with Crippen molar-refractivity contribution in [3.63, 3.8) is 0 Å². The summed E-state index contributed by atoms with van der Waals surface area (Å²) in [5, 5.41) is 1.42. The van der Waals surface area contributed by atoms with Crippen molar-refractivity contribution in [3.8, 4) is 11.5 Å². The highest BCUT2D eigenvalue weighted by Gasteiger charge is 2.12. The summed E-state index contributed by atoms with van der Waals surface area (Å²) in [6.07, 6.45) is 0. The van der Waals surface area contributed by atoms with Crippen LogP contribution in [0.2, 0.25) is 10.0 Å². The first-order chi connectivity index (χ1) is 9.56. The van der Waals surface area contributed by atoms with Gasteiger partial charge < -0.3 is 4.42 Å². The Hall–Kier alpha value is -1.84. The number of hydrogen-bond acceptors (Lipinski definition) is 3. The molecular formula is C15H9Cl2NO2. The van der Waals surface area contributed by atoms with Gasteiger partial charge in [-0.25, -0.2) is 9.78 Å². The molecule has 0 aliphatic rings. The van der Waals surface area contributed by atoms with E-state index in [4.69, 9.17) is 27.6 Å².